The van der Waals surface area contributed by atoms with Crippen molar-refractivity contribution in [2.24, 2.45) is 5.92 Å². The Morgan fingerprint density at radius 1 is 1.12 bits per heavy atom. The monoisotopic (exact) mass is 449 g/mol. The SMILES string of the molecule is COc1ccc(C(=O)N2CCCC(C(=O)Nc3ccccc3Oc3cccnc3)C2)cc1F. The van der Waals surface area contributed by atoms with Gasteiger partial charge in [0.25, 0.3) is 5.91 Å². The summed E-state index contributed by atoms with van der Waals surface area (Å²) in [6.07, 6.45) is 4.57. The van der Waals surface area contributed by atoms with E-state index in [1.54, 1.807) is 47.6 Å². The van der Waals surface area contributed by atoms with Gasteiger partial charge in [-0.15, -0.1) is 0 Å². The number of ether oxygens (including phenoxy) is 2. The van der Waals surface area contributed by atoms with Crippen molar-refractivity contribution in [1.29, 1.82) is 0 Å². The maximum atomic E-state index is 14.0. The summed E-state index contributed by atoms with van der Waals surface area (Å²) in [4.78, 5) is 31.5. The van der Waals surface area contributed by atoms with Gasteiger partial charge in [-0.1, -0.05) is 12.1 Å². The summed E-state index contributed by atoms with van der Waals surface area (Å²) in [5.41, 5.74) is 0.761. The maximum absolute atomic E-state index is 14.0. The molecule has 0 radical (unpaired) electrons. The van der Waals surface area contributed by atoms with Crippen LogP contribution in [-0.2, 0) is 4.79 Å². The zero-order valence-corrected chi connectivity index (χ0v) is 18.2. The van der Waals surface area contributed by atoms with Crippen molar-refractivity contribution in [2.45, 2.75) is 12.8 Å². The molecule has 1 N–H and O–H groups in total. The molecular formula is C25H24FN3O4. The molecule has 1 saturated heterocycles. The predicted molar refractivity (Wildman–Crippen MR) is 121 cm³/mol. The van der Waals surface area contributed by atoms with E-state index in [0.717, 1.165) is 6.07 Å². The standard InChI is InChI=1S/C25H24FN3O4/c1-32-22-11-10-17(14-20(22)26)25(31)29-13-5-6-18(16-29)24(30)28-21-8-2-3-9-23(21)33-19-7-4-12-27-15-19/h2-4,7-12,14-15,18H,5-6,13,16H2,1H3,(H,28,30). The van der Waals surface area contributed by atoms with E-state index >= 15 is 0 Å². The Balaban J connectivity index is 1.43. The van der Waals surface area contributed by atoms with Crippen LogP contribution in [0.1, 0.15) is 23.2 Å². The lowest BCUT2D eigenvalue weighted by atomic mass is 9.96. The van der Waals surface area contributed by atoms with Crippen molar-refractivity contribution in [2.75, 3.05) is 25.5 Å². The molecule has 0 bridgehead atoms. The molecule has 1 aliphatic rings. The van der Waals surface area contributed by atoms with Gasteiger partial charge < -0.3 is 19.7 Å². The van der Waals surface area contributed by atoms with Crippen LogP contribution in [-0.4, -0.2) is 41.9 Å². The highest BCUT2D eigenvalue weighted by atomic mass is 19.1. The van der Waals surface area contributed by atoms with Crippen molar-refractivity contribution in [3.63, 3.8) is 0 Å². The second kappa shape index (κ2) is 10.1. The molecule has 0 aliphatic carbocycles. The summed E-state index contributed by atoms with van der Waals surface area (Å²) in [6.45, 7) is 0.765. The quantitative estimate of drug-likeness (QED) is 0.599. The number of pyridine rings is 1. The Morgan fingerprint density at radius 3 is 2.73 bits per heavy atom. The summed E-state index contributed by atoms with van der Waals surface area (Å²) in [5, 5.41) is 2.93. The number of anilines is 1. The van der Waals surface area contributed by atoms with Gasteiger partial charge >= 0.3 is 0 Å². The first kappa shape index (κ1) is 22.3. The van der Waals surface area contributed by atoms with Crippen molar-refractivity contribution in [3.05, 3.63) is 78.4 Å². The van der Waals surface area contributed by atoms with Crippen molar-refractivity contribution < 1.29 is 23.5 Å². The number of methoxy groups -OCH3 is 1. The highest BCUT2D eigenvalue weighted by Gasteiger charge is 2.29. The number of hydrogen-bond acceptors (Lipinski definition) is 5. The average Bonchev–Trinajstić information content (AvgIpc) is 2.85. The van der Waals surface area contributed by atoms with Crippen LogP contribution in [0, 0.1) is 11.7 Å². The minimum absolute atomic E-state index is 0.0783. The van der Waals surface area contributed by atoms with E-state index < -0.39 is 11.7 Å². The first-order valence-electron chi connectivity index (χ1n) is 10.7. The molecule has 1 atom stereocenters. The number of carbonyl (C=O) groups excluding carboxylic acids is 2. The third-order valence-electron chi connectivity index (χ3n) is 5.49. The zero-order valence-electron chi connectivity index (χ0n) is 18.2. The van der Waals surface area contributed by atoms with Crippen molar-refractivity contribution in [1.82, 2.24) is 9.88 Å². The Labute approximate surface area is 191 Å². The van der Waals surface area contributed by atoms with Gasteiger partial charge in [-0.25, -0.2) is 4.39 Å². The average molecular weight is 449 g/mol. The van der Waals surface area contributed by atoms with Crippen LogP contribution in [0.2, 0.25) is 0 Å². The third-order valence-corrected chi connectivity index (χ3v) is 5.49. The topological polar surface area (TPSA) is 80.8 Å². The third kappa shape index (κ3) is 5.28. The summed E-state index contributed by atoms with van der Waals surface area (Å²) < 4.78 is 24.8. The number of carbonyl (C=O) groups is 2. The highest BCUT2D eigenvalue weighted by Crippen LogP contribution is 2.30. The molecule has 1 aliphatic heterocycles. The Morgan fingerprint density at radius 2 is 1.97 bits per heavy atom. The van der Waals surface area contributed by atoms with Gasteiger partial charge in [0.2, 0.25) is 5.91 Å². The molecule has 170 valence electrons. The number of nitrogens with one attached hydrogen (secondary N) is 1. The maximum Gasteiger partial charge on any atom is 0.253 e. The van der Waals surface area contributed by atoms with E-state index in [0.29, 0.717) is 36.6 Å². The van der Waals surface area contributed by atoms with Crippen LogP contribution in [0.3, 0.4) is 0 Å². The molecule has 33 heavy (non-hydrogen) atoms. The number of hydrogen-bond donors (Lipinski definition) is 1. The van der Waals surface area contributed by atoms with E-state index in [-0.39, 0.29) is 29.7 Å². The molecule has 0 saturated carbocycles. The fourth-order valence-corrected chi connectivity index (χ4v) is 3.79. The van der Waals surface area contributed by atoms with Gasteiger partial charge in [0.05, 0.1) is 24.9 Å². The van der Waals surface area contributed by atoms with E-state index in [9.17, 15) is 14.0 Å². The summed E-state index contributed by atoms with van der Waals surface area (Å²) in [7, 11) is 1.37. The van der Waals surface area contributed by atoms with Gasteiger partial charge in [-0.05, 0) is 55.3 Å². The molecule has 2 heterocycles. The van der Waals surface area contributed by atoms with Gasteiger partial charge in [-0.2, -0.15) is 0 Å². The van der Waals surface area contributed by atoms with Crippen LogP contribution in [0.15, 0.2) is 67.0 Å². The highest BCUT2D eigenvalue weighted by molar-refractivity contribution is 5.97. The Kier molecular flexibility index (Phi) is 6.83. The van der Waals surface area contributed by atoms with Crippen LogP contribution in [0.5, 0.6) is 17.2 Å². The lowest BCUT2D eigenvalue weighted by Gasteiger charge is -2.32. The number of para-hydroxylation sites is 2. The lowest BCUT2D eigenvalue weighted by Crippen LogP contribution is -2.43. The molecule has 1 fully saturated rings. The second-order valence-corrected chi connectivity index (χ2v) is 7.72. The molecular weight excluding hydrogens is 425 g/mol. The molecule has 2 amide bonds. The molecule has 1 unspecified atom stereocenters. The fourth-order valence-electron chi connectivity index (χ4n) is 3.79. The summed E-state index contributed by atoms with van der Waals surface area (Å²) >= 11 is 0. The number of rotatable bonds is 6. The van der Waals surface area contributed by atoms with Crippen molar-refractivity contribution >= 4 is 17.5 Å². The number of piperidine rings is 1. The number of likely N-dealkylation sites (tertiary alicyclic amines) is 1. The molecule has 0 spiro atoms. The van der Waals surface area contributed by atoms with Crippen LogP contribution < -0.4 is 14.8 Å². The first-order chi connectivity index (χ1) is 16.0. The molecule has 8 heteroatoms. The number of nitrogens with zero attached hydrogens (tertiary/aromatic N) is 2. The number of halogens is 1. The minimum Gasteiger partial charge on any atom is -0.494 e. The fraction of sp³-hybridized carbons (Fsp3) is 0.240. The molecule has 1 aromatic heterocycles. The van der Waals surface area contributed by atoms with Gasteiger partial charge in [0.15, 0.2) is 17.3 Å². The van der Waals surface area contributed by atoms with E-state index in [1.807, 2.05) is 6.07 Å². The molecule has 7 nitrogen and oxygen atoms in total. The largest absolute Gasteiger partial charge is 0.494 e. The lowest BCUT2D eigenvalue weighted by molar-refractivity contribution is -0.121. The summed E-state index contributed by atoms with van der Waals surface area (Å²) in [5.74, 6) is -0.367. The Bertz CT molecular complexity index is 1140. The van der Waals surface area contributed by atoms with Gasteiger partial charge in [0, 0.05) is 24.8 Å². The van der Waals surface area contributed by atoms with E-state index in [1.165, 1.54) is 19.2 Å². The van der Waals surface area contributed by atoms with Gasteiger partial charge in [0.1, 0.15) is 5.75 Å². The zero-order chi connectivity index (χ0) is 23.2. The Hall–Kier alpha value is -3.94. The number of aromatic nitrogens is 1. The van der Waals surface area contributed by atoms with Gasteiger partial charge in [-0.3, -0.25) is 14.6 Å². The second-order valence-electron chi connectivity index (χ2n) is 7.72. The van der Waals surface area contributed by atoms with Crippen molar-refractivity contribution in [3.8, 4) is 17.2 Å². The van der Waals surface area contributed by atoms with Crippen LogP contribution in [0.25, 0.3) is 0 Å². The summed E-state index contributed by atoms with van der Waals surface area (Å²) in [6, 6.07) is 14.8. The molecule has 2 aromatic carbocycles. The number of benzene rings is 2. The minimum atomic E-state index is -0.597. The number of amides is 2. The smallest absolute Gasteiger partial charge is 0.253 e. The molecule has 4 rings (SSSR count). The van der Waals surface area contributed by atoms with Crippen LogP contribution in [0.4, 0.5) is 10.1 Å². The normalized spacial score (nSPS) is 15.6. The molecule has 3 aromatic rings. The van der Waals surface area contributed by atoms with Crippen LogP contribution >= 0.6 is 0 Å². The predicted octanol–water partition coefficient (Wildman–Crippen LogP) is 4.51. The van der Waals surface area contributed by atoms with E-state index in [2.05, 4.69) is 10.3 Å². The van der Waals surface area contributed by atoms with E-state index in [4.69, 9.17) is 9.47 Å². The first-order valence-corrected chi connectivity index (χ1v) is 10.7.